The van der Waals surface area contributed by atoms with Crippen LogP contribution in [0.25, 0.3) is 0 Å². The summed E-state index contributed by atoms with van der Waals surface area (Å²) in [5, 5.41) is 3.58. The minimum absolute atomic E-state index is 0.0470. The van der Waals surface area contributed by atoms with E-state index in [1.165, 1.54) is 4.90 Å². The number of imide groups is 1. The Morgan fingerprint density at radius 2 is 1.56 bits per heavy atom. The molecule has 0 spiro atoms. The Bertz CT molecular complexity index is 1050. The molecule has 0 unspecified atom stereocenters. The van der Waals surface area contributed by atoms with Crippen molar-refractivity contribution in [3.05, 3.63) is 69.2 Å². The number of hydrogen-bond donors (Lipinski definition) is 1. The Morgan fingerprint density at radius 1 is 0.971 bits per heavy atom. The van der Waals surface area contributed by atoms with E-state index in [4.69, 9.17) is 23.2 Å². The highest BCUT2D eigenvalue weighted by Crippen LogP contribution is 2.28. The van der Waals surface area contributed by atoms with Gasteiger partial charge in [-0.2, -0.15) is 0 Å². The van der Waals surface area contributed by atoms with E-state index in [0.717, 1.165) is 4.90 Å². The molecule has 1 atom stereocenters. The topological polar surface area (TPSA) is 86.8 Å². The summed E-state index contributed by atoms with van der Waals surface area (Å²) < 4.78 is 0. The summed E-state index contributed by atoms with van der Waals surface area (Å²) in [4.78, 5) is 53.8. The molecule has 0 saturated carbocycles. The van der Waals surface area contributed by atoms with Crippen LogP contribution in [-0.4, -0.2) is 52.6 Å². The van der Waals surface area contributed by atoms with Crippen LogP contribution in [0.5, 0.6) is 0 Å². The third kappa shape index (κ3) is 5.42. The standard InChI is InChI=1S/C25H27Cl2N3O4/c1-3-21(23(32)28-4-2)30(15-18-19(26)11-7-12-20(18)27)22(31)13-8-14-29-24(33)16-9-5-6-10-17(16)25(29)34/h5-7,9-12,21H,3-4,8,13-15H2,1-2H3,(H,28,32)/t21-/m1/s1. The summed E-state index contributed by atoms with van der Waals surface area (Å²) in [5.41, 5.74) is 1.30. The highest BCUT2D eigenvalue weighted by Gasteiger charge is 2.35. The second kappa shape index (κ2) is 11.5. The first-order chi connectivity index (χ1) is 16.3. The number of carbonyl (C=O) groups excluding carboxylic acids is 4. The van der Waals surface area contributed by atoms with E-state index < -0.39 is 6.04 Å². The number of likely N-dealkylation sites (N-methyl/N-ethyl adjacent to an activating group) is 1. The molecule has 9 heteroatoms. The van der Waals surface area contributed by atoms with Crippen LogP contribution in [0, 0.1) is 0 Å². The van der Waals surface area contributed by atoms with Gasteiger partial charge in [-0.25, -0.2) is 0 Å². The lowest BCUT2D eigenvalue weighted by molar-refractivity contribution is -0.141. The molecule has 34 heavy (non-hydrogen) atoms. The zero-order valence-corrected chi connectivity index (χ0v) is 20.7. The number of nitrogens with zero attached hydrogens (tertiary/aromatic N) is 2. The van der Waals surface area contributed by atoms with Crippen LogP contribution in [0.15, 0.2) is 42.5 Å². The van der Waals surface area contributed by atoms with Gasteiger partial charge in [0, 0.05) is 41.7 Å². The predicted molar refractivity (Wildman–Crippen MR) is 131 cm³/mol. The number of nitrogens with one attached hydrogen (secondary N) is 1. The van der Waals surface area contributed by atoms with Crippen molar-refractivity contribution in [2.75, 3.05) is 13.1 Å². The molecule has 0 aliphatic carbocycles. The predicted octanol–water partition coefficient (Wildman–Crippen LogP) is 4.31. The maximum Gasteiger partial charge on any atom is 0.261 e. The Balaban J connectivity index is 1.74. The molecule has 0 saturated heterocycles. The maximum absolute atomic E-state index is 13.3. The van der Waals surface area contributed by atoms with Crippen LogP contribution in [0.4, 0.5) is 0 Å². The molecule has 0 radical (unpaired) electrons. The monoisotopic (exact) mass is 503 g/mol. The van der Waals surface area contributed by atoms with Crippen molar-refractivity contribution >= 4 is 46.8 Å². The molecule has 2 aromatic carbocycles. The number of carbonyl (C=O) groups is 4. The van der Waals surface area contributed by atoms with Gasteiger partial charge in [-0.3, -0.25) is 24.1 Å². The Morgan fingerprint density at radius 3 is 2.09 bits per heavy atom. The Kier molecular flexibility index (Phi) is 8.69. The fraction of sp³-hybridized carbons (Fsp3) is 0.360. The molecule has 0 bridgehead atoms. The van der Waals surface area contributed by atoms with Crippen LogP contribution in [-0.2, 0) is 16.1 Å². The molecule has 7 nitrogen and oxygen atoms in total. The number of fused-ring (bicyclic) bond motifs is 1. The van der Waals surface area contributed by atoms with E-state index in [1.807, 2.05) is 13.8 Å². The van der Waals surface area contributed by atoms with E-state index in [2.05, 4.69) is 5.32 Å². The van der Waals surface area contributed by atoms with E-state index in [-0.39, 0.29) is 49.6 Å². The zero-order valence-electron chi connectivity index (χ0n) is 19.1. The largest absolute Gasteiger partial charge is 0.355 e. The minimum Gasteiger partial charge on any atom is -0.355 e. The Labute approximate surface area is 209 Å². The smallest absolute Gasteiger partial charge is 0.261 e. The van der Waals surface area contributed by atoms with E-state index in [9.17, 15) is 19.2 Å². The normalized spacial score (nSPS) is 13.6. The SMILES string of the molecule is CCNC(=O)[C@@H](CC)N(Cc1c(Cl)cccc1Cl)C(=O)CCCN1C(=O)c2ccccc2C1=O. The fourth-order valence-corrected chi connectivity index (χ4v) is 4.56. The van der Waals surface area contributed by atoms with Crippen molar-refractivity contribution in [1.29, 1.82) is 0 Å². The van der Waals surface area contributed by atoms with Gasteiger partial charge < -0.3 is 10.2 Å². The molecule has 180 valence electrons. The first-order valence-corrected chi connectivity index (χ1v) is 12.0. The first kappa shape index (κ1) is 25.7. The first-order valence-electron chi connectivity index (χ1n) is 11.2. The van der Waals surface area contributed by atoms with Gasteiger partial charge in [0.2, 0.25) is 11.8 Å². The number of hydrogen-bond acceptors (Lipinski definition) is 4. The average molecular weight is 504 g/mol. The van der Waals surface area contributed by atoms with Crippen molar-refractivity contribution in [2.24, 2.45) is 0 Å². The van der Waals surface area contributed by atoms with Crippen molar-refractivity contribution < 1.29 is 19.2 Å². The summed E-state index contributed by atoms with van der Waals surface area (Å²) in [6.45, 7) is 4.25. The number of amides is 4. The molecule has 1 N–H and O–H groups in total. The fourth-order valence-electron chi connectivity index (χ4n) is 4.04. The molecular formula is C25H27Cl2N3O4. The van der Waals surface area contributed by atoms with Crippen LogP contribution in [0.2, 0.25) is 10.0 Å². The van der Waals surface area contributed by atoms with E-state index in [0.29, 0.717) is 39.7 Å². The summed E-state index contributed by atoms with van der Waals surface area (Å²) in [6, 6.07) is 11.0. The van der Waals surface area contributed by atoms with Crippen molar-refractivity contribution in [2.45, 2.75) is 45.7 Å². The van der Waals surface area contributed by atoms with Crippen LogP contribution < -0.4 is 5.32 Å². The quantitative estimate of drug-likeness (QED) is 0.489. The van der Waals surface area contributed by atoms with Crippen molar-refractivity contribution in [3.63, 3.8) is 0 Å². The minimum atomic E-state index is -0.709. The van der Waals surface area contributed by atoms with Gasteiger partial charge in [0.25, 0.3) is 11.8 Å². The average Bonchev–Trinajstić information content (AvgIpc) is 3.06. The number of rotatable bonds is 10. The van der Waals surface area contributed by atoms with Crippen LogP contribution in [0.3, 0.4) is 0 Å². The van der Waals surface area contributed by atoms with Gasteiger partial charge >= 0.3 is 0 Å². The molecule has 4 amide bonds. The van der Waals surface area contributed by atoms with Gasteiger partial charge in [0.1, 0.15) is 6.04 Å². The highest BCUT2D eigenvalue weighted by molar-refractivity contribution is 6.36. The molecular weight excluding hydrogens is 477 g/mol. The molecule has 1 aliphatic heterocycles. The molecule has 1 heterocycles. The summed E-state index contributed by atoms with van der Waals surface area (Å²) in [6.07, 6.45) is 0.715. The van der Waals surface area contributed by atoms with Gasteiger partial charge in [0.15, 0.2) is 0 Å². The van der Waals surface area contributed by atoms with E-state index >= 15 is 0 Å². The lowest BCUT2D eigenvalue weighted by Crippen LogP contribution is -2.49. The highest BCUT2D eigenvalue weighted by atomic mass is 35.5. The van der Waals surface area contributed by atoms with Gasteiger partial charge in [-0.05, 0) is 44.0 Å². The molecule has 1 aliphatic rings. The summed E-state index contributed by atoms with van der Waals surface area (Å²) >= 11 is 12.7. The van der Waals surface area contributed by atoms with Crippen molar-refractivity contribution in [3.8, 4) is 0 Å². The van der Waals surface area contributed by atoms with Crippen molar-refractivity contribution in [1.82, 2.24) is 15.1 Å². The lowest BCUT2D eigenvalue weighted by Gasteiger charge is -2.31. The molecule has 2 aromatic rings. The second-order valence-corrected chi connectivity index (χ2v) is 8.77. The van der Waals surface area contributed by atoms with Crippen LogP contribution in [0.1, 0.15) is 59.4 Å². The molecule has 0 fully saturated rings. The zero-order chi connectivity index (χ0) is 24.8. The van der Waals surface area contributed by atoms with Gasteiger partial charge in [-0.1, -0.05) is 48.3 Å². The summed E-state index contributed by atoms with van der Waals surface area (Å²) in [7, 11) is 0. The second-order valence-electron chi connectivity index (χ2n) is 7.95. The van der Waals surface area contributed by atoms with Crippen LogP contribution >= 0.6 is 23.2 Å². The van der Waals surface area contributed by atoms with E-state index in [1.54, 1.807) is 42.5 Å². The summed E-state index contributed by atoms with van der Waals surface area (Å²) in [5.74, 6) is -1.27. The number of halogens is 2. The third-order valence-electron chi connectivity index (χ3n) is 5.78. The maximum atomic E-state index is 13.3. The third-order valence-corrected chi connectivity index (χ3v) is 6.49. The lowest BCUT2D eigenvalue weighted by atomic mass is 10.1. The molecule has 0 aromatic heterocycles. The Hall–Kier alpha value is -2.90. The van der Waals surface area contributed by atoms with Gasteiger partial charge in [-0.15, -0.1) is 0 Å². The molecule has 3 rings (SSSR count). The van der Waals surface area contributed by atoms with Gasteiger partial charge in [0.05, 0.1) is 11.1 Å². The number of benzene rings is 2.